The monoisotopic (exact) mass is 507 g/mol. The van der Waals surface area contributed by atoms with Crippen LogP contribution in [0.2, 0.25) is 5.02 Å². The van der Waals surface area contributed by atoms with E-state index in [1.165, 1.54) is 16.3 Å². The second kappa shape index (κ2) is 9.29. The van der Waals surface area contributed by atoms with Crippen LogP contribution in [0.4, 0.5) is 0 Å². The lowest BCUT2D eigenvalue weighted by Gasteiger charge is -2.13. The van der Waals surface area contributed by atoms with Crippen molar-refractivity contribution in [2.24, 2.45) is 0 Å². The molecule has 2 aromatic heterocycles. The number of benzene rings is 5. The first-order valence-electron chi connectivity index (χ1n) is 12.5. The van der Waals surface area contributed by atoms with Gasteiger partial charge in [0.1, 0.15) is 0 Å². The maximum absolute atomic E-state index is 6.53. The largest absolute Gasteiger partial charge is 0.309 e. The number of halogens is 1. The zero-order chi connectivity index (χ0) is 25.5. The van der Waals surface area contributed by atoms with E-state index < -0.39 is 0 Å². The molecule has 0 spiro atoms. The van der Waals surface area contributed by atoms with Crippen LogP contribution in [0.5, 0.6) is 0 Å². The van der Waals surface area contributed by atoms with E-state index in [0.29, 0.717) is 10.8 Å². The molecule has 0 saturated carbocycles. The van der Waals surface area contributed by atoms with Crippen molar-refractivity contribution in [2.45, 2.75) is 0 Å². The fourth-order valence-electron chi connectivity index (χ4n) is 5.20. The lowest BCUT2D eigenvalue weighted by molar-refractivity contribution is 1.18. The standard InChI is InChI=1S/C34H22ClN3/c35-26-16-18-28(25-21-36-34(37-22-25)23-9-3-1-4-10-23)31(20-26)24-15-17-30-29-13-7-8-14-32(29)38(33(30)19-24)27-11-5-2-6-12-27/h1-22H. The zero-order valence-corrected chi connectivity index (χ0v) is 21.2. The average Bonchev–Trinajstić information content (AvgIpc) is 3.32. The average molecular weight is 508 g/mol. The predicted molar refractivity (Wildman–Crippen MR) is 158 cm³/mol. The topological polar surface area (TPSA) is 30.7 Å². The molecule has 0 atom stereocenters. The van der Waals surface area contributed by atoms with Crippen molar-refractivity contribution in [3.8, 4) is 39.3 Å². The Bertz CT molecular complexity index is 1910. The van der Waals surface area contributed by atoms with Crippen LogP contribution in [0, 0.1) is 0 Å². The van der Waals surface area contributed by atoms with Crippen molar-refractivity contribution < 1.29 is 0 Å². The van der Waals surface area contributed by atoms with Gasteiger partial charge in [0.25, 0.3) is 0 Å². The number of nitrogens with zero attached hydrogens (tertiary/aromatic N) is 3. The van der Waals surface area contributed by atoms with Crippen LogP contribution in [0.25, 0.3) is 61.1 Å². The molecule has 2 heterocycles. The Morgan fingerprint density at radius 3 is 1.97 bits per heavy atom. The van der Waals surface area contributed by atoms with Crippen LogP contribution in [0.15, 0.2) is 134 Å². The van der Waals surface area contributed by atoms with E-state index in [4.69, 9.17) is 11.6 Å². The third-order valence-corrected chi connectivity index (χ3v) is 7.21. The number of fused-ring (bicyclic) bond motifs is 3. The molecule has 0 amide bonds. The molecule has 0 saturated heterocycles. The zero-order valence-electron chi connectivity index (χ0n) is 20.4. The summed E-state index contributed by atoms with van der Waals surface area (Å²) >= 11 is 6.53. The molecule has 0 aliphatic rings. The second-order valence-electron chi connectivity index (χ2n) is 9.27. The molecule has 0 unspecified atom stereocenters. The summed E-state index contributed by atoms with van der Waals surface area (Å²) in [6, 6.07) is 41.7. The number of para-hydroxylation sites is 2. The van der Waals surface area contributed by atoms with E-state index in [1.54, 1.807) is 0 Å². The normalized spacial score (nSPS) is 11.3. The lowest BCUT2D eigenvalue weighted by Crippen LogP contribution is -1.94. The van der Waals surface area contributed by atoms with Crippen LogP contribution in [0.3, 0.4) is 0 Å². The van der Waals surface area contributed by atoms with Gasteiger partial charge in [0.2, 0.25) is 0 Å². The second-order valence-corrected chi connectivity index (χ2v) is 9.71. The molecule has 0 bridgehead atoms. The van der Waals surface area contributed by atoms with Crippen LogP contribution in [-0.2, 0) is 0 Å². The summed E-state index contributed by atoms with van der Waals surface area (Å²) in [4.78, 5) is 9.33. The molecule has 0 N–H and O–H groups in total. The SMILES string of the molecule is Clc1ccc(-c2cnc(-c3ccccc3)nc2)c(-c2ccc3c4ccccc4n(-c4ccccc4)c3c2)c1. The predicted octanol–water partition coefficient (Wildman–Crippen LogP) is 9.23. The Kier molecular flexibility index (Phi) is 5.49. The molecular formula is C34H22ClN3. The lowest BCUT2D eigenvalue weighted by atomic mass is 9.95. The molecule has 7 rings (SSSR count). The van der Waals surface area contributed by atoms with Gasteiger partial charge < -0.3 is 4.57 Å². The first kappa shape index (κ1) is 22.5. The van der Waals surface area contributed by atoms with E-state index in [0.717, 1.165) is 39.0 Å². The molecule has 0 fully saturated rings. The summed E-state index contributed by atoms with van der Waals surface area (Å²) in [5.41, 5.74) is 8.57. The number of rotatable bonds is 4. The highest BCUT2D eigenvalue weighted by molar-refractivity contribution is 6.31. The van der Waals surface area contributed by atoms with Crippen LogP contribution < -0.4 is 0 Å². The molecule has 38 heavy (non-hydrogen) atoms. The molecule has 0 aliphatic heterocycles. The smallest absolute Gasteiger partial charge is 0.159 e. The first-order chi connectivity index (χ1) is 18.8. The quantitative estimate of drug-likeness (QED) is 0.237. The van der Waals surface area contributed by atoms with Gasteiger partial charge in [-0.2, -0.15) is 0 Å². The molecule has 7 aromatic rings. The molecule has 180 valence electrons. The Balaban J connectivity index is 1.41. The fourth-order valence-corrected chi connectivity index (χ4v) is 5.38. The van der Waals surface area contributed by atoms with Gasteiger partial charge in [-0.05, 0) is 53.1 Å². The van der Waals surface area contributed by atoms with Gasteiger partial charge in [0.05, 0.1) is 11.0 Å². The van der Waals surface area contributed by atoms with E-state index in [-0.39, 0.29) is 0 Å². The Hall–Kier alpha value is -4.73. The highest BCUT2D eigenvalue weighted by Crippen LogP contribution is 2.38. The summed E-state index contributed by atoms with van der Waals surface area (Å²) in [5.74, 6) is 0.707. The Labute approximate surface area is 225 Å². The third kappa shape index (κ3) is 3.85. The van der Waals surface area contributed by atoms with E-state index in [9.17, 15) is 0 Å². The molecule has 5 aromatic carbocycles. The summed E-state index contributed by atoms with van der Waals surface area (Å²) < 4.78 is 2.33. The third-order valence-electron chi connectivity index (χ3n) is 6.98. The van der Waals surface area contributed by atoms with Crippen LogP contribution in [-0.4, -0.2) is 14.5 Å². The minimum Gasteiger partial charge on any atom is -0.309 e. The Morgan fingerprint density at radius 2 is 1.18 bits per heavy atom. The maximum Gasteiger partial charge on any atom is 0.159 e. The molecular weight excluding hydrogens is 486 g/mol. The molecule has 4 heteroatoms. The highest BCUT2D eigenvalue weighted by atomic mass is 35.5. The summed E-state index contributed by atoms with van der Waals surface area (Å²) in [6.45, 7) is 0. The van der Waals surface area contributed by atoms with E-state index >= 15 is 0 Å². The van der Waals surface area contributed by atoms with Gasteiger partial charge in [-0.3, -0.25) is 0 Å². The van der Waals surface area contributed by atoms with Crippen molar-refractivity contribution >= 4 is 33.4 Å². The Morgan fingerprint density at radius 1 is 0.500 bits per heavy atom. The summed E-state index contributed by atoms with van der Waals surface area (Å²) in [5, 5.41) is 3.13. The van der Waals surface area contributed by atoms with Crippen molar-refractivity contribution in [3.05, 3.63) is 139 Å². The summed E-state index contributed by atoms with van der Waals surface area (Å²) in [6.07, 6.45) is 3.78. The first-order valence-corrected chi connectivity index (χ1v) is 12.9. The minimum absolute atomic E-state index is 0.689. The van der Waals surface area contributed by atoms with Crippen molar-refractivity contribution in [1.82, 2.24) is 14.5 Å². The van der Waals surface area contributed by atoms with Crippen LogP contribution in [0.1, 0.15) is 0 Å². The summed E-state index contributed by atoms with van der Waals surface area (Å²) in [7, 11) is 0. The van der Waals surface area contributed by atoms with Gasteiger partial charge in [-0.1, -0.05) is 96.5 Å². The highest BCUT2D eigenvalue weighted by Gasteiger charge is 2.15. The number of hydrogen-bond acceptors (Lipinski definition) is 2. The van der Waals surface area contributed by atoms with Gasteiger partial charge in [0.15, 0.2) is 5.82 Å². The van der Waals surface area contributed by atoms with Gasteiger partial charge >= 0.3 is 0 Å². The van der Waals surface area contributed by atoms with Crippen LogP contribution >= 0.6 is 11.6 Å². The number of hydrogen-bond donors (Lipinski definition) is 0. The van der Waals surface area contributed by atoms with Gasteiger partial charge in [-0.25, -0.2) is 9.97 Å². The van der Waals surface area contributed by atoms with Crippen molar-refractivity contribution in [3.63, 3.8) is 0 Å². The van der Waals surface area contributed by atoms with Gasteiger partial charge in [-0.15, -0.1) is 0 Å². The molecule has 0 aliphatic carbocycles. The minimum atomic E-state index is 0.689. The number of aromatic nitrogens is 3. The fraction of sp³-hybridized carbons (Fsp3) is 0. The van der Waals surface area contributed by atoms with Crippen molar-refractivity contribution in [1.29, 1.82) is 0 Å². The molecule has 0 radical (unpaired) electrons. The van der Waals surface area contributed by atoms with E-state index in [2.05, 4.69) is 87.3 Å². The van der Waals surface area contributed by atoms with Crippen molar-refractivity contribution in [2.75, 3.05) is 0 Å². The van der Waals surface area contributed by atoms with Gasteiger partial charge in [0, 0.05) is 45.0 Å². The maximum atomic E-state index is 6.53. The van der Waals surface area contributed by atoms with E-state index in [1.807, 2.05) is 60.9 Å². The molecule has 3 nitrogen and oxygen atoms in total.